The molecule has 0 radical (unpaired) electrons. The zero-order valence-corrected chi connectivity index (χ0v) is 19.2. The summed E-state index contributed by atoms with van der Waals surface area (Å²) < 4.78 is 7.85. The molecular weight excluding hydrogens is 430 g/mol. The maximum absolute atomic E-state index is 12.4. The lowest BCUT2D eigenvalue weighted by Crippen LogP contribution is -2.16. The fourth-order valence-corrected chi connectivity index (χ4v) is 3.87. The van der Waals surface area contributed by atoms with Crippen LogP contribution in [0.2, 0.25) is 0 Å². The van der Waals surface area contributed by atoms with Crippen LogP contribution in [0.5, 0.6) is 5.75 Å². The lowest BCUT2D eigenvalue weighted by molar-refractivity contribution is -0.384. The third-order valence-electron chi connectivity index (χ3n) is 5.06. The Morgan fingerprint density at radius 1 is 1.19 bits per heavy atom. The fourth-order valence-electron chi connectivity index (χ4n) is 3.05. The molecule has 9 nitrogen and oxygen atoms in total. The number of nitro benzene ring substituents is 1. The summed E-state index contributed by atoms with van der Waals surface area (Å²) in [6, 6.07) is 10.3. The fraction of sp³-hybridized carbons (Fsp3) is 0.318. The van der Waals surface area contributed by atoms with E-state index in [0.29, 0.717) is 23.2 Å². The van der Waals surface area contributed by atoms with Crippen molar-refractivity contribution in [3.8, 4) is 5.75 Å². The lowest BCUT2D eigenvalue weighted by atomic mass is 10.1. The molecule has 0 aliphatic heterocycles. The maximum atomic E-state index is 12.4. The summed E-state index contributed by atoms with van der Waals surface area (Å²) in [6.45, 7) is 8.70. The van der Waals surface area contributed by atoms with E-state index in [2.05, 4.69) is 15.5 Å². The molecule has 1 aromatic heterocycles. The van der Waals surface area contributed by atoms with E-state index < -0.39 is 4.92 Å². The average Bonchev–Trinajstić information content (AvgIpc) is 3.16. The number of hydrogen-bond donors (Lipinski definition) is 1. The second-order valence-electron chi connectivity index (χ2n) is 7.22. The van der Waals surface area contributed by atoms with Crippen LogP contribution in [-0.4, -0.2) is 31.3 Å². The highest BCUT2D eigenvalue weighted by atomic mass is 32.2. The number of rotatable bonds is 9. The van der Waals surface area contributed by atoms with E-state index in [9.17, 15) is 14.9 Å². The number of amides is 1. The highest BCUT2D eigenvalue weighted by molar-refractivity contribution is 7.99. The monoisotopic (exact) mass is 455 g/mol. The minimum absolute atomic E-state index is 0.0715. The summed E-state index contributed by atoms with van der Waals surface area (Å²) in [5.74, 6) is 1.29. The average molecular weight is 456 g/mol. The maximum Gasteiger partial charge on any atom is 0.271 e. The predicted octanol–water partition coefficient (Wildman–Crippen LogP) is 4.44. The predicted molar refractivity (Wildman–Crippen MR) is 123 cm³/mol. The van der Waals surface area contributed by atoms with Gasteiger partial charge in [-0.15, -0.1) is 10.2 Å². The molecule has 168 valence electrons. The van der Waals surface area contributed by atoms with Crippen molar-refractivity contribution in [2.24, 2.45) is 0 Å². The quantitative estimate of drug-likeness (QED) is 0.288. The molecule has 1 amide bonds. The first-order chi connectivity index (χ1) is 15.3. The molecular formula is C22H25N5O4S. The number of aromatic nitrogens is 3. The topological polar surface area (TPSA) is 112 Å². The van der Waals surface area contributed by atoms with Crippen molar-refractivity contribution in [3.05, 3.63) is 69.0 Å². The molecule has 0 saturated heterocycles. The van der Waals surface area contributed by atoms with Gasteiger partial charge in [0.05, 0.1) is 16.4 Å². The molecule has 3 aromatic rings. The first kappa shape index (κ1) is 23.3. The van der Waals surface area contributed by atoms with E-state index in [0.717, 1.165) is 22.4 Å². The molecule has 0 bridgehead atoms. The van der Waals surface area contributed by atoms with Crippen molar-refractivity contribution >= 4 is 29.0 Å². The Morgan fingerprint density at radius 2 is 1.97 bits per heavy atom. The SMILES string of the molecule is CCn1c(COc2cccc(C)c2C)nnc1SCC(=O)Nc1cc([N+](=O)[O-])ccc1C. The molecule has 0 aliphatic carbocycles. The number of ether oxygens (including phenoxy) is 1. The van der Waals surface area contributed by atoms with Crippen molar-refractivity contribution < 1.29 is 14.5 Å². The van der Waals surface area contributed by atoms with E-state index in [-0.39, 0.29) is 24.0 Å². The standard InChI is InChI=1S/C22H25N5O4S/c1-5-26-20(12-31-19-8-6-7-14(2)16(19)4)24-25-22(26)32-13-21(28)23-18-11-17(27(29)30)10-9-15(18)3/h6-11H,5,12-13H2,1-4H3,(H,23,28). The molecule has 1 N–H and O–H groups in total. The molecule has 32 heavy (non-hydrogen) atoms. The van der Waals surface area contributed by atoms with Gasteiger partial charge < -0.3 is 14.6 Å². The summed E-state index contributed by atoms with van der Waals surface area (Å²) in [6.07, 6.45) is 0. The number of non-ortho nitro benzene ring substituents is 1. The first-order valence-corrected chi connectivity index (χ1v) is 11.1. The van der Waals surface area contributed by atoms with Gasteiger partial charge in [-0.3, -0.25) is 14.9 Å². The van der Waals surface area contributed by atoms with Gasteiger partial charge in [0.1, 0.15) is 12.4 Å². The van der Waals surface area contributed by atoms with Gasteiger partial charge in [-0.2, -0.15) is 0 Å². The van der Waals surface area contributed by atoms with Crippen LogP contribution in [0.1, 0.15) is 29.4 Å². The third-order valence-corrected chi connectivity index (χ3v) is 6.03. The molecule has 0 saturated carbocycles. The van der Waals surface area contributed by atoms with Gasteiger partial charge in [0.15, 0.2) is 11.0 Å². The number of thioether (sulfide) groups is 1. The number of benzene rings is 2. The van der Waals surface area contributed by atoms with Crippen LogP contribution in [0.15, 0.2) is 41.6 Å². The highest BCUT2D eigenvalue weighted by Crippen LogP contribution is 2.24. The Morgan fingerprint density at radius 3 is 2.69 bits per heavy atom. The van der Waals surface area contributed by atoms with Gasteiger partial charge in [-0.05, 0) is 50.5 Å². The van der Waals surface area contributed by atoms with Crippen LogP contribution >= 0.6 is 11.8 Å². The molecule has 10 heteroatoms. The van der Waals surface area contributed by atoms with E-state index in [1.165, 1.54) is 23.9 Å². The van der Waals surface area contributed by atoms with Crippen LogP contribution in [0.3, 0.4) is 0 Å². The first-order valence-electron chi connectivity index (χ1n) is 10.1. The van der Waals surface area contributed by atoms with Gasteiger partial charge in [-0.25, -0.2) is 0 Å². The van der Waals surface area contributed by atoms with Crippen LogP contribution in [-0.2, 0) is 17.9 Å². The van der Waals surface area contributed by atoms with Gasteiger partial charge in [0, 0.05) is 18.7 Å². The summed E-state index contributed by atoms with van der Waals surface area (Å²) in [5, 5.41) is 22.7. The van der Waals surface area contributed by atoms with E-state index in [4.69, 9.17) is 4.74 Å². The Balaban J connectivity index is 1.63. The zero-order chi connectivity index (χ0) is 23.3. The van der Waals surface area contributed by atoms with Crippen molar-refractivity contribution in [1.29, 1.82) is 0 Å². The van der Waals surface area contributed by atoms with E-state index in [1.54, 1.807) is 13.0 Å². The van der Waals surface area contributed by atoms with Gasteiger partial charge in [0.2, 0.25) is 5.91 Å². The molecule has 0 spiro atoms. The normalized spacial score (nSPS) is 10.8. The second-order valence-corrected chi connectivity index (χ2v) is 8.17. The Bertz CT molecular complexity index is 1150. The number of hydrogen-bond acceptors (Lipinski definition) is 7. The van der Waals surface area contributed by atoms with E-state index in [1.807, 2.05) is 43.5 Å². The lowest BCUT2D eigenvalue weighted by Gasteiger charge is -2.12. The molecule has 0 atom stereocenters. The van der Waals surface area contributed by atoms with Crippen LogP contribution in [0, 0.1) is 30.9 Å². The minimum Gasteiger partial charge on any atom is -0.485 e. The Hall–Kier alpha value is -3.40. The highest BCUT2D eigenvalue weighted by Gasteiger charge is 2.16. The van der Waals surface area contributed by atoms with Crippen molar-refractivity contribution in [2.75, 3.05) is 11.1 Å². The van der Waals surface area contributed by atoms with Crippen molar-refractivity contribution in [3.63, 3.8) is 0 Å². The number of nitrogens with one attached hydrogen (secondary N) is 1. The summed E-state index contributed by atoms with van der Waals surface area (Å²) in [7, 11) is 0. The second kappa shape index (κ2) is 10.3. The van der Waals surface area contributed by atoms with Crippen LogP contribution < -0.4 is 10.1 Å². The van der Waals surface area contributed by atoms with Crippen LogP contribution in [0.25, 0.3) is 0 Å². The molecule has 3 rings (SSSR count). The zero-order valence-electron chi connectivity index (χ0n) is 18.4. The molecule has 0 aliphatic rings. The van der Waals surface area contributed by atoms with Crippen LogP contribution in [0.4, 0.5) is 11.4 Å². The summed E-state index contributed by atoms with van der Waals surface area (Å²) >= 11 is 1.25. The molecule has 0 fully saturated rings. The van der Waals surface area contributed by atoms with Crippen molar-refractivity contribution in [2.45, 2.75) is 46.0 Å². The number of aryl methyl sites for hydroxylation is 2. The summed E-state index contributed by atoms with van der Waals surface area (Å²) in [4.78, 5) is 22.9. The number of carbonyl (C=O) groups is 1. The number of nitrogens with zero attached hydrogens (tertiary/aromatic N) is 4. The molecule has 0 unspecified atom stereocenters. The van der Waals surface area contributed by atoms with Crippen molar-refractivity contribution in [1.82, 2.24) is 14.8 Å². The third kappa shape index (κ3) is 5.44. The largest absolute Gasteiger partial charge is 0.485 e. The molecule has 1 heterocycles. The Kier molecular flexibility index (Phi) is 7.47. The Labute approximate surface area is 190 Å². The number of nitro groups is 1. The molecule has 2 aromatic carbocycles. The number of anilines is 1. The summed E-state index contributed by atoms with van der Waals surface area (Å²) in [5.41, 5.74) is 3.33. The van der Waals surface area contributed by atoms with Gasteiger partial charge in [0.25, 0.3) is 5.69 Å². The number of carbonyl (C=O) groups excluding carboxylic acids is 1. The van der Waals surface area contributed by atoms with E-state index >= 15 is 0 Å². The smallest absolute Gasteiger partial charge is 0.271 e. The van der Waals surface area contributed by atoms with Gasteiger partial charge in [-0.1, -0.05) is 30.0 Å². The van der Waals surface area contributed by atoms with Gasteiger partial charge >= 0.3 is 0 Å². The minimum atomic E-state index is -0.491.